The lowest BCUT2D eigenvalue weighted by molar-refractivity contribution is -0.384. The lowest BCUT2D eigenvalue weighted by Gasteiger charge is -2.07. The number of hydrogen-bond acceptors (Lipinski definition) is 5. The van der Waals surface area contributed by atoms with E-state index in [-0.39, 0.29) is 17.3 Å². The lowest BCUT2D eigenvalue weighted by atomic mass is 10.2. The summed E-state index contributed by atoms with van der Waals surface area (Å²) in [6.45, 7) is 3.26. The van der Waals surface area contributed by atoms with Crippen LogP contribution in [-0.4, -0.2) is 29.7 Å². The fraction of sp³-hybridized carbons (Fsp3) is 0.316. The summed E-state index contributed by atoms with van der Waals surface area (Å²) < 4.78 is 5.64. The fourth-order valence-corrected chi connectivity index (χ4v) is 2.87. The van der Waals surface area contributed by atoms with E-state index in [2.05, 4.69) is 5.32 Å². The number of rotatable bonds is 10. The third kappa shape index (κ3) is 7.14. The number of nitro benzene ring substituents is 1. The summed E-state index contributed by atoms with van der Waals surface area (Å²) in [5.41, 5.74) is 1.25. The van der Waals surface area contributed by atoms with Gasteiger partial charge in [0, 0.05) is 23.6 Å². The first-order chi connectivity index (χ1) is 12.5. The van der Waals surface area contributed by atoms with Gasteiger partial charge in [0.05, 0.1) is 17.3 Å². The van der Waals surface area contributed by atoms with Gasteiger partial charge in [-0.3, -0.25) is 14.9 Å². The second-order valence-electron chi connectivity index (χ2n) is 5.76. The van der Waals surface area contributed by atoms with Crippen molar-refractivity contribution in [1.82, 2.24) is 5.32 Å². The third-order valence-corrected chi connectivity index (χ3v) is 4.61. The Morgan fingerprint density at radius 2 is 1.81 bits per heavy atom. The van der Waals surface area contributed by atoms with E-state index in [0.717, 1.165) is 23.5 Å². The molecule has 0 aliphatic rings. The highest BCUT2D eigenvalue weighted by Gasteiger charge is 2.06. The maximum atomic E-state index is 11.8. The number of ether oxygens (including phenoxy) is 1. The van der Waals surface area contributed by atoms with Gasteiger partial charge in [-0.05, 0) is 44.0 Å². The van der Waals surface area contributed by atoms with Gasteiger partial charge in [0.1, 0.15) is 5.75 Å². The molecule has 1 N–H and O–H groups in total. The zero-order valence-corrected chi connectivity index (χ0v) is 15.5. The quantitative estimate of drug-likeness (QED) is 0.294. The molecule has 2 aromatic carbocycles. The molecule has 0 aliphatic heterocycles. The Morgan fingerprint density at radius 3 is 2.46 bits per heavy atom. The number of thioether (sulfide) groups is 1. The molecule has 0 heterocycles. The van der Waals surface area contributed by atoms with Crippen LogP contribution < -0.4 is 10.1 Å². The zero-order chi connectivity index (χ0) is 18.8. The van der Waals surface area contributed by atoms with Crippen molar-refractivity contribution in [3.8, 4) is 5.75 Å². The third-order valence-electron chi connectivity index (χ3n) is 3.60. The van der Waals surface area contributed by atoms with E-state index >= 15 is 0 Å². The molecule has 138 valence electrons. The second-order valence-corrected chi connectivity index (χ2v) is 6.81. The highest BCUT2D eigenvalue weighted by molar-refractivity contribution is 8.00. The normalized spacial score (nSPS) is 10.3. The van der Waals surface area contributed by atoms with Crippen LogP contribution >= 0.6 is 11.8 Å². The summed E-state index contributed by atoms with van der Waals surface area (Å²) in [7, 11) is 0. The maximum Gasteiger partial charge on any atom is 0.269 e. The van der Waals surface area contributed by atoms with Crippen LogP contribution in [0.25, 0.3) is 0 Å². The molecule has 0 unspecified atom stereocenters. The Morgan fingerprint density at radius 1 is 1.12 bits per heavy atom. The van der Waals surface area contributed by atoms with Gasteiger partial charge in [-0.2, -0.15) is 0 Å². The molecule has 7 heteroatoms. The number of nitro groups is 1. The van der Waals surface area contributed by atoms with E-state index in [0.29, 0.717) is 13.2 Å². The molecule has 2 aromatic rings. The Kier molecular flexibility index (Phi) is 7.95. The Hall–Kier alpha value is -2.54. The smallest absolute Gasteiger partial charge is 0.269 e. The van der Waals surface area contributed by atoms with Gasteiger partial charge in [-0.1, -0.05) is 17.7 Å². The van der Waals surface area contributed by atoms with Gasteiger partial charge in [0.25, 0.3) is 5.69 Å². The Labute approximate surface area is 157 Å². The first-order valence-electron chi connectivity index (χ1n) is 8.38. The van der Waals surface area contributed by atoms with Crippen molar-refractivity contribution < 1.29 is 14.5 Å². The van der Waals surface area contributed by atoms with Crippen LogP contribution in [0.1, 0.15) is 18.4 Å². The van der Waals surface area contributed by atoms with Crippen molar-refractivity contribution >= 4 is 23.4 Å². The van der Waals surface area contributed by atoms with Crippen LogP contribution in [0.15, 0.2) is 53.4 Å². The first-order valence-corrected chi connectivity index (χ1v) is 9.36. The molecule has 0 aromatic heterocycles. The summed E-state index contributed by atoms with van der Waals surface area (Å²) >= 11 is 1.36. The number of carbonyl (C=O) groups is 1. The van der Waals surface area contributed by atoms with Crippen LogP contribution in [0.2, 0.25) is 0 Å². The van der Waals surface area contributed by atoms with Crippen LogP contribution in [0.5, 0.6) is 5.75 Å². The summed E-state index contributed by atoms with van der Waals surface area (Å²) in [6, 6.07) is 14.1. The molecule has 1 amide bonds. The standard InChI is InChI=1S/C19H22N2O4S/c1-15-4-8-17(9-5-15)25-13-3-2-12-20-19(22)14-26-18-10-6-16(7-11-18)21(23)24/h4-11H,2-3,12-14H2,1H3,(H,20,22). The van der Waals surface area contributed by atoms with Gasteiger partial charge in [0.2, 0.25) is 5.91 Å². The van der Waals surface area contributed by atoms with Crippen molar-refractivity contribution in [2.24, 2.45) is 0 Å². The van der Waals surface area contributed by atoms with Gasteiger partial charge in [-0.25, -0.2) is 0 Å². The highest BCUT2D eigenvalue weighted by Crippen LogP contribution is 2.21. The number of carbonyl (C=O) groups excluding carboxylic acids is 1. The van der Waals surface area contributed by atoms with E-state index in [1.807, 2.05) is 31.2 Å². The molecule has 0 saturated carbocycles. The van der Waals surface area contributed by atoms with Crippen molar-refractivity contribution in [2.45, 2.75) is 24.7 Å². The van der Waals surface area contributed by atoms with Crippen molar-refractivity contribution in [2.75, 3.05) is 18.9 Å². The van der Waals surface area contributed by atoms with Crippen LogP contribution in [0.3, 0.4) is 0 Å². The first kappa shape index (κ1) is 19.8. The zero-order valence-electron chi connectivity index (χ0n) is 14.6. The molecule has 0 aliphatic carbocycles. The number of hydrogen-bond donors (Lipinski definition) is 1. The second kappa shape index (κ2) is 10.5. The molecular weight excluding hydrogens is 352 g/mol. The highest BCUT2D eigenvalue weighted by atomic mass is 32.2. The van der Waals surface area contributed by atoms with Gasteiger partial charge < -0.3 is 10.1 Å². The minimum absolute atomic E-state index is 0.0478. The Bertz CT molecular complexity index is 717. The predicted molar refractivity (Wildman–Crippen MR) is 103 cm³/mol. The molecule has 26 heavy (non-hydrogen) atoms. The number of amides is 1. The number of non-ortho nitro benzene ring substituents is 1. The van der Waals surface area contributed by atoms with E-state index in [4.69, 9.17) is 4.74 Å². The maximum absolute atomic E-state index is 11.8. The van der Waals surface area contributed by atoms with Gasteiger partial charge in [0.15, 0.2) is 0 Å². The summed E-state index contributed by atoms with van der Waals surface area (Å²) in [5.74, 6) is 1.10. The largest absolute Gasteiger partial charge is 0.494 e. The Balaban J connectivity index is 1.54. The van der Waals surface area contributed by atoms with E-state index in [1.54, 1.807) is 12.1 Å². The van der Waals surface area contributed by atoms with Crippen molar-refractivity contribution in [3.63, 3.8) is 0 Å². The molecule has 0 bridgehead atoms. The van der Waals surface area contributed by atoms with E-state index in [1.165, 1.54) is 29.5 Å². The molecule has 0 fully saturated rings. The molecule has 0 radical (unpaired) electrons. The summed E-state index contributed by atoms with van der Waals surface area (Å²) in [5, 5.41) is 13.5. The molecule has 0 saturated heterocycles. The lowest BCUT2D eigenvalue weighted by Crippen LogP contribution is -2.26. The SMILES string of the molecule is Cc1ccc(OCCCCNC(=O)CSc2ccc([N+](=O)[O-])cc2)cc1. The number of nitrogens with zero attached hydrogens (tertiary/aromatic N) is 1. The number of nitrogens with one attached hydrogen (secondary N) is 1. The summed E-state index contributed by atoms with van der Waals surface area (Å²) in [6.07, 6.45) is 1.71. The molecule has 0 spiro atoms. The average Bonchev–Trinajstić information content (AvgIpc) is 2.64. The monoisotopic (exact) mass is 374 g/mol. The van der Waals surface area contributed by atoms with Crippen LogP contribution in [-0.2, 0) is 4.79 Å². The predicted octanol–water partition coefficient (Wildman–Crippen LogP) is 3.97. The van der Waals surface area contributed by atoms with Crippen molar-refractivity contribution in [1.29, 1.82) is 0 Å². The topological polar surface area (TPSA) is 81.5 Å². The number of aryl methyl sites for hydroxylation is 1. The molecule has 6 nitrogen and oxygen atoms in total. The van der Waals surface area contributed by atoms with Gasteiger partial charge >= 0.3 is 0 Å². The van der Waals surface area contributed by atoms with Gasteiger partial charge in [-0.15, -0.1) is 11.8 Å². The summed E-state index contributed by atoms with van der Waals surface area (Å²) in [4.78, 5) is 22.8. The van der Waals surface area contributed by atoms with E-state index < -0.39 is 4.92 Å². The van der Waals surface area contributed by atoms with Crippen molar-refractivity contribution in [3.05, 3.63) is 64.2 Å². The fourth-order valence-electron chi connectivity index (χ4n) is 2.14. The average molecular weight is 374 g/mol. The minimum Gasteiger partial charge on any atom is -0.494 e. The number of benzene rings is 2. The molecular formula is C19H22N2O4S. The van der Waals surface area contributed by atoms with Crippen LogP contribution in [0, 0.1) is 17.0 Å². The van der Waals surface area contributed by atoms with E-state index in [9.17, 15) is 14.9 Å². The minimum atomic E-state index is -0.441. The van der Waals surface area contributed by atoms with Crippen LogP contribution in [0.4, 0.5) is 5.69 Å². The molecule has 0 atom stereocenters. The number of unbranched alkanes of at least 4 members (excludes halogenated alkanes) is 1. The molecule has 2 rings (SSSR count).